The molecule has 28 heavy (non-hydrogen) atoms. The number of amides is 1. The van der Waals surface area contributed by atoms with Gasteiger partial charge in [0.25, 0.3) is 0 Å². The monoisotopic (exact) mass is 438 g/mol. The van der Waals surface area contributed by atoms with Gasteiger partial charge in [-0.15, -0.1) is 36.2 Å². The largest absolute Gasteiger partial charge is 0.354 e. The Balaban J connectivity index is 0.00000196. The molecule has 0 bridgehead atoms. The third-order valence-electron chi connectivity index (χ3n) is 4.11. The van der Waals surface area contributed by atoms with E-state index in [2.05, 4.69) is 20.7 Å². The molecule has 1 aromatic carbocycles. The van der Waals surface area contributed by atoms with Crippen LogP contribution in [-0.4, -0.2) is 22.4 Å². The standard InChI is InChI=1S/C20H22N4OS.2ClH/c1-14-4-6-16(7-5-14)19(21)20(25)23-10-2-3-18-24-17(13-26-18)15-8-11-22-12-9-15;;/h4-9,11-13,19H,2-3,10,21H2,1H3,(H,23,25);2*1H. The van der Waals surface area contributed by atoms with Gasteiger partial charge in [0.2, 0.25) is 5.91 Å². The van der Waals surface area contributed by atoms with Crippen molar-refractivity contribution in [3.63, 3.8) is 0 Å². The van der Waals surface area contributed by atoms with Crippen LogP contribution in [0, 0.1) is 6.92 Å². The maximum atomic E-state index is 12.2. The maximum Gasteiger partial charge on any atom is 0.241 e. The molecule has 3 rings (SSSR count). The van der Waals surface area contributed by atoms with Crippen LogP contribution in [0.15, 0.2) is 54.2 Å². The lowest BCUT2D eigenvalue weighted by molar-refractivity contribution is -0.122. The fourth-order valence-corrected chi connectivity index (χ4v) is 3.42. The number of benzene rings is 1. The molecule has 0 spiro atoms. The summed E-state index contributed by atoms with van der Waals surface area (Å²) in [5.41, 5.74) is 10.0. The Hall–Kier alpha value is -1.99. The number of carbonyl (C=O) groups is 1. The van der Waals surface area contributed by atoms with Crippen LogP contribution < -0.4 is 11.1 Å². The minimum Gasteiger partial charge on any atom is -0.354 e. The normalized spacial score (nSPS) is 11.1. The van der Waals surface area contributed by atoms with Gasteiger partial charge < -0.3 is 11.1 Å². The summed E-state index contributed by atoms with van der Waals surface area (Å²) in [5.74, 6) is -0.148. The maximum absolute atomic E-state index is 12.2. The average Bonchev–Trinajstić information content (AvgIpc) is 3.15. The summed E-state index contributed by atoms with van der Waals surface area (Å²) in [4.78, 5) is 20.8. The smallest absolute Gasteiger partial charge is 0.241 e. The molecule has 0 fully saturated rings. The van der Waals surface area contributed by atoms with E-state index >= 15 is 0 Å². The fraction of sp³-hybridized carbons (Fsp3) is 0.250. The first kappa shape index (κ1) is 24.0. The van der Waals surface area contributed by atoms with Crippen LogP contribution in [0.4, 0.5) is 0 Å². The van der Waals surface area contributed by atoms with E-state index in [1.165, 1.54) is 0 Å². The molecule has 3 N–H and O–H groups in total. The molecule has 0 aliphatic rings. The van der Waals surface area contributed by atoms with Crippen molar-refractivity contribution >= 4 is 42.1 Å². The lowest BCUT2D eigenvalue weighted by Crippen LogP contribution is -2.34. The number of thiazole rings is 1. The molecule has 1 unspecified atom stereocenters. The Bertz CT molecular complexity index is 856. The average molecular weight is 439 g/mol. The molecule has 5 nitrogen and oxygen atoms in total. The van der Waals surface area contributed by atoms with Crippen LogP contribution in [-0.2, 0) is 11.2 Å². The van der Waals surface area contributed by atoms with E-state index < -0.39 is 6.04 Å². The Morgan fingerprint density at radius 2 is 1.82 bits per heavy atom. The van der Waals surface area contributed by atoms with Crippen molar-refractivity contribution < 1.29 is 4.79 Å². The highest BCUT2D eigenvalue weighted by molar-refractivity contribution is 7.09. The van der Waals surface area contributed by atoms with Crippen molar-refractivity contribution in [2.24, 2.45) is 5.73 Å². The summed E-state index contributed by atoms with van der Waals surface area (Å²) in [6.07, 6.45) is 5.19. The molecule has 150 valence electrons. The molecule has 3 aromatic rings. The van der Waals surface area contributed by atoms with Crippen LogP contribution in [0.2, 0.25) is 0 Å². The Kier molecular flexibility index (Phi) is 10.1. The van der Waals surface area contributed by atoms with Gasteiger partial charge in [-0.1, -0.05) is 29.8 Å². The fourth-order valence-electron chi connectivity index (χ4n) is 2.57. The second-order valence-electron chi connectivity index (χ2n) is 6.15. The van der Waals surface area contributed by atoms with Gasteiger partial charge in [0.1, 0.15) is 6.04 Å². The first-order valence-electron chi connectivity index (χ1n) is 8.58. The number of nitrogens with two attached hydrogens (primary N) is 1. The van der Waals surface area contributed by atoms with E-state index in [0.29, 0.717) is 6.54 Å². The summed E-state index contributed by atoms with van der Waals surface area (Å²) in [5, 5.41) is 6.02. The van der Waals surface area contributed by atoms with E-state index in [-0.39, 0.29) is 30.7 Å². The highest BCUT2D eigenvalue weighted by Crippen LogP contribution is 2.21. The van der Waals surface area contributed by atoms with Gasteiger partial charge in [0.15, 0.2) is 0 Å². The predicted molar refractivity (Wildman–Crippen MR) is 119 cm³/mol. The minimum absolute atomic E-state index is 0. The zero-order valence-corrected chi connectivity index (χ0v) is 17.9. The molecule has 1 atom stereocenters. The molecular weight excluding hydrogens is 415 g/mol. The molecule has 0 aliphatic carbocycles. The summed E-state index contributed by atoms with van der Waals surface area (Å²) >= 11 is 1.64. The number of hydrogen-bond acceptors (Lipinski definition) is 5. The third kappa shape index (κ3) is 6.56. The Morgan fingerprint density at radius 1 is 1.14 bits per heavy atom. The molecule has 2 aromatic heterocycles. The number of rotatable bonds is 7. The topological polar surface area (TPSA) is 80.9 Å². The van der Waals surface area contributed by atoms with Crippen LogP contribution in [0.3, 0.4) is 0 Å². The van der Waals surface area contributed by atoms with Gasteiger partial charge in [0, 0.05) is 36.3 Å². The van der Waals surface area contributed by atoms with Crippen LogP contribution in [0.1, 0.15) is 28.6 Å². The first-order chi connectivity index (χ1) is 12.6. The van der Waals surface area contributed by atoms with Gasteiger partial charge in [-0.05, 0) is 31.0 Å². The molecule has 1 amide bonds. The lowest BCUT2D eigenvalue weighted by Gasteiger charge is -2.12. The van der Waals surface area contributed by atoms with Crippen molar-refractivity contribution in [3.8, 4) is 11.3 Å². The van der Waals surface area contributed by atoms with Gasteiger partial charge in [-0.25, -0.2) is 4.98 Å². The Morgan fingerprint density at radius 3 is 2.50 bits per heavy atom. The van der Waals surface area contributed by atoms with Gasteiger partial charge in [-0.3, -0.25) is 9.78 Å². The summed E-state index contributed by atoms with van der Waals surface area (Å²) in [6, 6.07) is 11.0. The van der Waals surface area contributed by atoms with E-state index in [9.17, 15) is 4.79 Å². The van der Waals surface area contributed by atoms with Crippen LogP contribution in [0.25, 0.3) is 11.3 Å². The van der Waals surface area contributed by atoms with E-state index in [1.54, 1.807) is 23.7 Å². The number of halogens is 2. The number of pyridine rings is 1. The van der Waals surface area contributed by atoms with Gasteiger partial charge in [0.05, 0.1) is 10.7 Å². The van der Waals surface area contributed by atoms with E-state index in [1.807, 2.05) is 43.3 Å². The number of aromatic nitrogens is 2. The lowest BCUT2D eigenvalue weighted by atomic mass is 10.1. The number of hydrogen-bond donors (Lipinski definition) is 2. The third-order valence-corrected chi connectivity index (χ3v) is 5.02. The molecule has 0 aliphatic heterocycles. The highest BCUT2D eigenvalue weighted by Gasteiger charge is 2.14. The summed E-state index contributed by atoms with van der Waals surface area (Å²) in [7, 11) is 0. The number of nitrogens with zero attached hydrogens (tertiary/aromatic N) is 2. The molecular formula is C20H24Cl2N4OS. The minimum atomic E-state index is -0.631. The molecule has 0 saturated carbocycles. The zero-order valence-electron chi connectivity index (χ0n) is 15.5. The number of nitrogens with one attached hydrogen (secondary N) is 1. The number of aryl methyl sites for hydroxylation is 2. The van der Waals surface area contributed by atoms with Crippen molar-refractivity contribution in [2.45, 2.75) is 25.8 Å². The van der Waals surface area contributed by atoms with Crippen LogP contribution in [0.5, 0.6) is 0 Å². The van der Waals surface area contributed by atoms with Crippen molar-refractivity contribution in [1.29, 1.82) is 0 Å². The highest BCUT2D eigenvalue weighted by atomic mass is 35.5. The first-order valence-corrected chi connectivity index (χ1v) is 9.46. The van der Waals surface area contributed by atoms with E-state index in [4.69, 9.17) is 5.73 Å². The van der Waals surface area contributed by atoms with Gasteiger partial charge in [-0.2, -0.15) is 0 Å². The summed E-state index contributed by atoms with van der Waals surface area (Å²) in [6.45, 7) is 2.59. The molecule has 0 saturated heterocycles. The van der Waals surface area contributed by atoms with Crippen molar-refractivity contribution in [1.82, 2.24) is 15.3 Å². The second kappa shape index (κ2) is 11.8. The van der Waals surface area contributed by atoms with Crippen LogP contribution >= 0.6 is 36.2 Å². The quantitative estimate of drug-likeness (QED) is 0.543. The van der Waals surface area contributed by atoms with Crippen molar-refractivity contribution in [3.05, 3.63) is 70.3 Å². The Labute approximate surface area is 181 Å². The predicted octanol–water partition coefficient (Wildman–Crippen LogP) is 4.11. The van der Waals surface area contributed by atoms with Crippen molar-refractivity contribution in [2.75, 3.05) is 6.54 Å². The van der Waals surface area contributed by atoms with Gasteiger partial charge >= 0.3 is 0 Å². The molecule has 2 heterocycles. The molecule has 0 radical (unpaired) electrons. The zero-order chi connectivity index (χ0) is 18.4. The van der Waals surface area contributed by atoms with E-state index in [0.717, 1.165) is 40.2 Å². The summed E-state index contributed by atoms with van der Waals surface area (Å²) < 4.78 is 0. The molecule has 8 heteroatoms. The SMILES string of the molecule is Cc1ccc(C(N)C(=O)NCCCc2nc(-c3ccncc3)cs2)cc1.Cl.Cl. The second-order valence-corrected chi connectivity index (χ2v) is 7.09. The number of carbonyl (C=O) groups excluding carboxylic acids is 1.